The number of imide groups is 1. The van der Waals surface area contributed by atoms with E-state index in [2.05, 4.69) is 16.1 Å². The van der Waals surface area contributed by atoms with Gasteiger partial charge < -0.3 is 14.2 Å². The number of hydrogen-bond donors (Lipinski definition) is 0. The number of methoxy groups -OCH3 is 1. The molecule has 2 rings (SSSR count). The highest BCUT2D eigenvalue weighted by molar-refractivity contribution is 6.38. The van der Waals surface area contributed by atoms with Crippen LogP contribution in [0.3, 0.4) is 0 Å². The highest BCUT2D eigenvalue weighted by Gasteiger charge is 2.37. The van der Waals surface area contributed by atoms with Crippen LogP contribution in [0.1, 0.15) is 5.56 Å². The molecule has 0 radical (unpaired) electrons. The van der Waals surface area contributed by atoms with E-state index in [9.17, 15) is 14.4 Å². The van der Waals surface area contributed by atoms with E-state index in [4.69, 9.17) is 4.74 Å². The van der Waals surface area contributed by atoms with Crippen LogP contribution in [-0.4, -0.2) is 31.9 Å². The Kier molecular flexibility index (Phi) is 4.57. The van der Waals surface area contributed by atoms with Crippen molar-refractivity contribution in [1.82, 2.24) is 0 Å². The second-order valence-electron chi connectivity index (χ2n) is 4.13. The fourth-order valence-corrected chi connectivity index (χ4v) is 1.90. The van der Waals surface area contributed by atoms with E-state index in [-0.39, 0.29) is 12.2 Å². The molecule has 7 nitrogen and oxygen atoms in total. The van der Waals surface area contributed by atoms with E-state index in [0.29, 0.717) is 11.3 Å². The maximum Gasteiger partial charge on any atom is 0.513 e. The molecule has 7 heteroatoms. The van der Waals surface area contributed by atoms with Gasteiger partial charge in [0.05, 0.1) is 18.4 Å². The van der Waals surface area contributed by atoms with Crippen molar-refractivity contribution in [3.63, 3.8) is 0 Å². The maximum absolute atomic E-state index is 12.3. The van der Waals surface area contributed by atoms with Gasteiger partial charge in [-0.1, -0.05) is 30.9 Å². The third kappa shape index (κ3) is 2.83. The van der Waals surface area contributed by atoms with E-state index in [1.54, 1.807) is 24.3 Å². The number of carbonyl (C=O) groups excluding carboxylic acids is 3. The predicted octanol–water partition coefficient (Wildman–Crippen LogP) is 2.48. The SMILES string of the molecule is C=CCOC(=O)O/C=C1\C(=O)N(C(=O)OC)c2ccccc21. The van der Waals surface area contributed by atoms with E-state index in [1.807, 2.05) is 0 Å². The predicted molar refractivity (Wildman–Crippen MR) is 76.9 cm³/mol. The number of amides is 2. The molecular weight excluding hydrogens is 290 g/mol. The lowest BCUT2D eigenvalue weighted by Crippen LogP contribution is -2.33. The Morgan fingerprint density at radius 3 is 2.73 bits per heavy atom. The second-order valence-corrected chi connectivity index (χ2v) is 4.13. The summed E-state index contributed by atoms with van der Waals surface area (Å²) in [4.78, 5) is 36.2. The van der Waals surface area contributed by atoms with Gasteiger partial charge in [-0.3, -0.25) is 4.79 Å². The molecule has 2 amide bonds. The number of fused-ring (bicyclic) bond motifs is 1. The maximum atomic E-state index is 12.3. The van der Waals surface area contributed by atoms with Crippen molar-refractivity contribution >= 4 is 29.4 Å². The number of anilines is 1. The Balaban J connectivity index is 2.29. The average Bonchev–Trinajstić information content (AvgIpc) is 2.82. The number of hydrogen-bond acceptors (Lipinski definition) is 6. The van der Waals surface area contributed by atoms with Crippen LogP contribution in [0, 0.1) is 0 Å². The largest absolute Gasteiger partial charge is 0.513 e. The third-order valence-electron chi connectivity index (χ3n) is 2.82. The zero-order chi connectivity index (χ0) is 16.1. The van der Waals surface area contributed by atoms with Crippen molar-refractivity contribution in [3.8, 4) is 0 Å². The lowest BCUT2D eigenvalue weighted by Gasteiger charge is -2.12. The number of carbonyl (C=O) groups is 3. The Hall–Kier alpha value is -3.09. The molecular formula is C15H13NO6. The van der Waals surface area contributed by atoms with Crippen LogP contribution in [0.5, 0.6) is 0 Å². The van der Waals surface area contributed by atoms with Crippen LogP contribution in [0.15, 0.2) is 43.2 Å². The quantitative estimate of drug-likeness (QED) is 0.369. The minimum Gasteiger partial charge on any atom is -0.452 e. The normalized spacial score (nSPS) is 14.5. The highest BCUT2D eigenvalue weighted by Crippen LogP contribution is 2.36. The Morgan fingerprint density at radius 1 is 1.32 bits per heavy atom. The van der Waals surface area contributed by atoms with Gasteiger partial charge in [0.1, 0.15) is 12.9 Å². The molecule has 0 bridgehead atoms. The summed E-state index contributed by atoms with van der Waals surface area (Å²) in [5.41, 5.74) is 0.861. The summed E-state index contributed by atoms with van der Waals surface area (Å²) >= 11 is 0. The topological polar surface area (TPSA) is 82.1 Å². The van der Waals surface area contributed by atoms with Crippen LogP contribution in [-0.2, 0) is 19.0 Å². The molecule has 0 atom stereocenters. The minimum atomic E-state index is -0.978. The molecule has 114 valence electrons. The van der Waals surface area contributed by atoms with Crippen LogP contribution in [0.2, 0.25) is 0 Å². The van der Waals surface area contributed by atoms with E-state index in [1.165, 1.54) is 13.2 Å². The van der Waals surface area contributed by atoms with Crippen LogP contribution in [0.4, 0.5) is 15.3 Å². The fourth-order valence-electron chi connectivity index (χ4n) is 1.90. The molecule has 1 aliphatic rings. The van der Waals surface area contributed by atoms with Gasteiger partial charge in [0.2, 0.25) is 0 Å². The van der Waals surface area contributed by atoms with Gasteiger partial charge in [0.25, 0.3) is 5.91 Å². The highest BCUT2D eigenvalue weighted by atomic mass is 16.7. The van der Waals surface area contributed by atoms with Crippen LogP contribution >= 0.6 is 0 Å². The minimum absolute atomic E-state index is 0.0131. The zero-order valence-corrected chi connectivity index (χ0v) is 11.8. The molecule has 0 fully saturated rings. The van der Waals surface area contributed by atoms with Gasteiger partial charge >= 0.3 is 12.2 Å². The number of ether oxygens (including phenoxy) is 3. The molecule has 22 heavy (non-hydrogen) atoms. The summed E-state index contributed by atoms with van der Waals surface area (Å²) in [6, 6.07) is 6.57. The van der Waals surface area contributed by atoms with Crippen molar-refractivity contribution in [1.29, 1.82) is 0 Å². The van der Waals surface area contributed by atoms with Gasteiger partial charge in [0.15, 0.2) is 0 Å². The fraction of sp³-hybridized carbons (Fsp3) is 0.133. The summed E-state index contributed by atoms with van der Waals surface area (Å²) in [5, 5.41) is 0. The molecule has 1 aromatic rings. The second kappa shape index (κ2) is 6.57. The first-order valence-electron chi connectivity index (χ1n) is 6.26. The molecule has 0 saturated heterocycles. The summed E-state index contributed by atoms with van der Waals surface area (Å²) in [6.07, 6.45) is 0.531. The van der Waals surface area contributed by atoms with Gasteiger partial charge in [0, 0.05) is 5.56 Å². The summed E-state index contributed by atoms with van der Waals surface area (Å²) < 4.78 is 14.0. The number of benzene rings is 1. The summed E-state index contributed by atoms with van der Waals surface area (Å²) in [6.45, 7) is 3.38. The van der Waals surface area contributed by atoms with E-state index >= 15 is 0 Å². The third-order valence-corrected chi connectivity index (χ3v) is 2.82. The van der Waals surface area contributed by atoms with Crippen molar-refractivity contribution < 1.29 is 28.6 Å². The summed E-state index contributed by atoms with van der Waals surface area (Å²) in [7, 11) is 1.17. The van der Waals surface area contributed by atoms with Gasteiger partial charge in [-0.2, -0.15) is 0 Å². The molecule has 1 aromatic carbocycles. The van der Waals surface area contributed by atoms with E-state index < -0.39 is 18.2 Å². The lowest BCUT2D eigenvalue weighted by atomic mass is 10.1. The van der Waals surface area contributed by atoms with Gasteiger partial charge in [-0.25, -0.2) is 14.5 Å². The molecule has 0 N–H and O–H groups in total. The Morgan fingerprint density at radius 2 is 2.05 bits per heavy atom. The number of nitrogens with zero attached hydrogens (tertiary/aromatic N) is 1. The number of rotatable bonds is 3. The Labute approximate surface area is 126 Å². The monoisotopic (exact) mass is 303 g/mol. The average molecular weight is 303 g/mol. The van der Waals surface area contributed by atoms with Gasteiger partial charge in [-0.05, 0) is 6.07 Å². The Bertz CT molecular complexity index is 664. The first-order valence-corrected chi connectivity index (χ1v) is 6.26. The summed E-state index contributed by atoms with van der Waals surface area (Å²) in [5.74, 6) is -0.649. The van der Waals surface area contributed by atoms with Crippen molar-refractivity contribution in [2.45, 2.75) is 0 Å². The molecule has 1 aliphatic heterocycles. The molecule has 0 spiro atoms. The zero-order valence-electron chi connectivity index (χ0n) is 11.8. The smallest absolute Gasteiger partial charge is 0.452 e. The molecule has 0 aromatic heterocycles. The molecule has 0 saturated carbocycles. The van der Waals surface area contributed by atoms with Gasteiger partial charge in [-0.15, -0.1) is 0 Å². The van der Waals surface area contributed by atoms with Crippen molar-refractivity contribution in [2.75, 3.05) is 18.6 Å². The first-order chi connectivity index (χ1) is 10.6. The van der Waals surface area contributed by atoms with Crippen molar-refractivity contribution in [3.05, 3.63) is 48.7 Å². The van der Waals surface area contributed by atoms with Crippen LogP contribution < -0.4 is 4.90 Å². The standard InChI is InChI=1S/C15H13NO6/c1-3-8-21-15(19)22-9-11-10-6-4-5-7-12(10)16(13(11)17)14(18)20-2/h3-7,9H,1,8H2,2H3/b11-9-. The van der Waals surface area contributed by atoms with Crippen molar-refractivity contribution in [2.24, 2.45) is 0 Å². The number of para-hydroxylation sites is 1. The van der Waals surface area contributed by atoms with E-state index in [0.717, 1.165) is 11.2 Å². The first kappa shape index (κ1) is 15.3. The molecule has 0 aliphatic carbocycles. The molecule has 1 heterocycles. The van der Waals surface area contributed by atoms with Crippen LogP contribution in [0.25, 0.3) is 5.57 Å². The lowest BCUT2D eigenvalue weighted by molar-refractivity contribution is -0.112. The molecule has 0 unspecified atom stereocenters.